The van der Waals surface area contributed by atoms with Crippen molar-refractivity contribution in [3.8, 4) is 0 Å². The lowest BCUT2D eigenvalue weighted by atomic mass is 10.1. The van der Waals surface area contributed by atoms with Crippen LogP contribution < -0.4 is 10.7 Å². The molecular weight excluding hydrogens is 278 g/mol. The number of hydrogen-bond acceptors (Lipinski definition) is 3. The fraction of sp³-hybridized carbons (Fsp3) is 0.529. The van der Waals surface area contributed by atoms with Gasteiger partial charge < -0.3 is 5.32 Å². The molecule has 1 heterocycles. The van der Waals surface area contributed by atoms with Crippen LogP contribution in [0.3, 0.4) is 0 Å². The van der Waals surface area contributed by atoms with Crippen molar-refractivity contribution < 1.29 is 9.59 Å². The molecule has 22 heavy (non-hydrogen) atoms. The average Bonchev–Trinajstić information content (AvgIpc) is 2.96. The average molecular weight is 303 g/mol. The number of hydrazine groups is 1. The van der Waals surface area contributed by atoms with Crippen LogP contribution in [-0.2, 0) is 4.79 Å². The van der Waals surface area contributed by atoms with Gasteiger partial charge in [0.25, 0.3) is 5.91 Å². The van der Waals surface area contributed by atoms with Crippen molar-refractivity contribution in [1.29, 1.82) is 0 Å². The highest BCUT2D eigenvalue weighted by molar-refractivity contribution is 5.94. The maximum absolute atomic E-state index is 12.4. The van der Waals surface area contributed by atoms with Gasteiger partial charge in [-0.3, -0.25) is 15.0 Å². The van der Waals surface area contributed by atoms with E-state index < -0.39 is 0 Å². The molecule has 120 valence electrons. The van der Waals surface area contributed by atoms with Crippen LogP contribution in [0.2, 0.25) is 0 Å². The van der Waals surface area contributed by atoms with Gasteiger partial charge in [-0.2, -0.15) is 0 Å². The smallest absolute Gasteiger partial charge is 0.265 e. The highest BCUT2D eigenvalue weighted by Crippen LogP contribution is 2.16. The largest absolute Gasteiger partial charge is 0.352 e. The maximum atomic E-state index is 12.4. The van der Waals surface area contributed by atoms with E-state index in [1.165, 1.54) is 0 Å². The summed E-state index contributed by atoms with van der Waals surface area (Å²) in [6, 6.07) is 8.90. The maximum Gasteiger partial charge on any atom is 0.265 e. The van der Waals surface area contributed by atoms with E-state index in [1.54, 1.807) is 17.1 Å². The predicted octanol–water partition coefficient (Wildman–Crippen LogP) is 1.96. The standard InChI is InChI=1S/C17H25N3O2/c1-12(2)13(3)18-17(22)15-10-7-11-20(15)19-16(21)14-8-5-4-6-9-14/h4-6,8-9,12-13,15H,7,10-11H2,1-3H3,(H,18,22)(H,19,21)/t13-,15?/m1/s1. The quantitative estimate of drug-likeness (QED) is 0.874. The second-order valence-electron chi connectivity index (χ2n) is 6.20. The van der Waals surface area contributed by atoms with Gasteiger partial charge in [0.15, 0.2) is 0 Å². The molecule has 0 aliphatic carbocycles. The predicted molar refractivity (Wildman–Crippen MR) is 86.1 cm³/mol. The first kappa shape index (κ1) is 16.5. The summed E-state index contributed by atoms with van der Waals surface area (Å²) < 4.78 is 0. The van der Waals surface area contributed by atoms with Crippen LogP contribution in [0.4, 0.5) is 0 Å². The normalized spacial score (nSPS) is 19.9. The van der Waals surface area contributed by atoms with Gasteiger partial charge >= 0.3 is 0 Å². The number of benzene rings is 1. The Morgan fingerprint density at radius 2 is 1.86 bits per heavy atom. The van der Waals surface area contributed by atoms with Gasteiger partial charge in [-0.1, -0.05) is 32.0 Å². The van der Waals surface area contributed by atoms with Crippen molar-refractivity contribution in [3.05, 3.63) is 35.9 Å². The lowest BCUT2D eigenvalue weighted by Gasteiger charge is -2.26. The number of hydrogen-bond donors (Lipinski definition) is 2. The number of carbonyl (C=O) groups is 2. The van der Waals surface area contributed by atoms with E-state index in [2.05, 4.69) is 24.6 Å². The molecule has 1 aromatic carbocycles. The van der Waals surface area contributed by atoms with Crippen LogP contribution in [0.5, 0.6) is 0 Å². The minimum Gasteiger partial charge on any atom is -0.352 e. The van der Waals surface area contributed by atoms with Crippen LogP contribution in [0.15, 0.2) is 30.3 Å². The number of amides is 2. The third-order valence-electron chi connectivity index (χ3n) is 4.21. The van der Waals surface area contributed by atoms with Gasteiger partial charge in [-0.15, -0.1) is 0 Å². The molecule has 0 aromatic heterocycles. The molecule has 2 N–H and O–H groups in total. The molecule has 5 heteroatoms. The van der Waals surface area contributed by atoms with Crippen LogP contribution in [0, 0.1) is 5.92 Å². The van der Waals surface area contributed by atoms with Gasteiger partial charge in [0.05, 0.1) is 0 Å². The summed E-state index contributed by atoms with van der Waals surface area (Å²) in [5.41, 5.74) is 3.46. The van der Waals surface area contributed by atoms with E-state index in [4.69, 9.17) is 0 Å². The Hall–Kier alpha value is -1.88. The number of nitrogens with one attached hydrogen (secondary N) is 2. The summed E-state index contributed by atoms with van der Waals surface area (Å²) in [6.07, 6.45) is 1.68. The van der Waals surface area contributed by atoms with Crippen LogP contribution in [0.25, 0.3) is 0 Å². The van der Waals surface area contributed by atoms with E-state index in [0.29, 0.717) is 18.0 Å². The van der Waals surface area contributed by atoms with Gasteiger partial charge in [0.2, 0.25) is 5.91 Å². The molecule has 2 atom stereocenters. The summed E-state index contributed by atoms with van der Waals surface area (Å²) in [4.78, 5) is 24.6. The molecule has 2 amide bonds. The van der Waals surface area contributed by atoms with Crippen molar-refractivity contribution in [1.82, 2.24) is 15.8 Å². The Morgan fingerprint density at radius 1 is 1.18 bits per heavy atom. The molecule has 1 unspecified atom stereocenters. The molecule has 1 saturated heterocycles. The second-order valence-corrected chi connectivity index (χ2v) is 6.20. The van der Waals surface area contributed by atoms with Crippen molar-refractivity contribution >= 4 is 11.8 Å². The van der Waals surface area contributed by atoms with Crippen molar-refractivity contribution in [3.63, 3.8) is 0 Å². The van der Waals surface area contributed by atoms with Crippen molar-refractivity contribution in [2.24, 2.45) is 5.92 Å². The molecule has 2 rings (SSSR count). The molecule has 0 bridgehead atoms. The van der Waals surface area contributed by atoms with E-state index in [0.717, 1.165) is 12.8 Å². The number of rotatable bonds is 5. The van der Waals surface area contributed by atoms with Gasteiger partial charge in [0, 0.05) is 18.2 Å². The lowest BCUT2D eigenvalue weighted by Crippen LogP contribution is -2.53. The SMILES string of the molecule is CC(C)[C@@H](C)NC(=O)C1CCCN1NC(=O)c1ccccc1. The highest BCUT2D eigenvalue weighted by Gasteiger charge is 2.32. The second kappa shape index (κ2) is 7.40. The molecular formula is C17H25N3O2. The summed E-state index contributed by atoms with van der Waals surface area (Å²) in [7, 11) is 0. The Balaban J connectivity index is 1.96. The van der Waals surface area contributed by atoms with Gasteiger partial charge in [-0.05, 0) is 37.8 Å². The molecule has 1 aliphatic rings. The van der Waals surface area contributed by atoms with Gasteiger partial charge in [0.1, 0.15) is 6.04 Å². The summed E-state index contributed by atoms with van der Waals surface area (Å²) in [5, 5.41) is 4.79. The van der Waals surface area contributed by atoms with Crippen molar-refractivity contribution in [2.45, 2.75) is 45.7 Å². The first-order valence-electron chi connectivity index (χ1n) is 7.92. The monoisotopic (exact) mass is 303 g/mol. The topological polar surface area (TPSA) is 61.4 Å². The molecule has 5 nitrogen and oxygen atoms in total. The van der Waals surface area contributed by atoms with Crippen LogP contribution in [0.1, 0.15) is 44.0 Å². The zero-order valence-corrected chi connectivity index (χ0v) is 13.5. The van der Waals surface area contributed by atoms with Crippen LogP contribution >= 0.6 is 0 Å². The molecule has 0 radical (unpaired) electrons. The molecule has 0 spiro atoms. The zero-order valence-electron chi connectivity index (χ0n) is 13.5. The summed E-state index contributed by atoms with van der Waals surface area (Å²) >= 11 is 0. The molecule has 1 fully saturated rings. The number of nitrogens with zero attached hydrogens (tertiary/aromatic N) is 1. The van der Waals surface area contributed by atoms with E-state index in [1.807, 2.05) is 25.1 Å². The summed E-state index contributed by atoms with van der Waals surface area (Å²) in [6.45, 7) is 6.86. The molecule has 1 aliphatic heterocycles. The third-order valence-corrected chi connectivity index (χ3v) is 4.21. The highest BCUT2D eigenvalue weighted by atomic mass is 16.2. The van der Waals surface area contributed by atoms with E-state index in [9.17, 15) is 9.59 Å². The molecule has 0 saturated carbocycles. The first-order chi connectivity index (χ1) is 10.5. The molecule has 1 aromatic rings. The van der Waals surface area contributed by atoms with Crippen LogP contribution in [-0.4, -0.2) is 35.5 Å². The Bertz CT molecular complexity index is 516. The van der Waals surface area contributed by atoms with Crippen molar-refractivity contribution in [2.75, 3.05) is 6.54 Å². The van der Waals surface area contributed by atoms with E-state index >= 15 is 0 Å². The Kier molecular flexibility index (Phi) is 5.55. The van der Waals surface area contributed by atoms with E-state index in [-0.39, 0.29) is 23.9 Å². The fourth-order valence-electron chi connectivity index (χ4n) is 2.44. The third kappa shape index (κ3) is 4.07. The van der Waals surface area contributed by atoms with Gasteiger partial charge in [-0.25, -0.2) is 5.01 Å². The minimum atomic E-state index is -0.283. The number of carbonyl (C=O) groups excluding carboxylic acids is 2. The lowest BCUT2D eigenvalue weighted by molar-refractivity contribution is -0.127. The zero-order chi connectivity index (χ0) is 16.1. The summed E-state index contributed by atoms with van der Waals surface area (Å²) in [5.74, 6) is 0.210. The Labute approximate surface area is 132 Å². The fourth-order valence-corrected chi connectivity index (χ4v) is 2.44. The minimum absolute atomic E-state index is 0.00735. The Morgan fingerprint density at radius 3 is 2.50 bits per heavy atom. The first-order valence-corrected chi connectivity index (χ1v) is 7.92.